The highest BCUT2D eigenvalue weighted by Crippen LogP contribution is 2.20. The fourth-order valence-electron chi connectivity index (χ4n) is 2.66. The van der Waals surface area contributed by atoms with E-state index >= 15 is 0 Å². The van der Waals surface area contributed by atoms with Crippen LogP contribution >= 0.6 is 0 Å². The highest BCUT2D eigenvalue weighted by Gasteiger charge is 2.32. The van der Waals surface area contributed by atoms with Crippen LogP contribution in [-0.2, 0) is 14.8 Å². The molecule has 0 saturated carbocycles. The van der Waals surface area contributed by atoms with Crippen LogP contribution in [-0.4, -0.2) is 38.8 Å². The van der Waals surface area contributed by atoms with E-state index in [1.165, 1.54) is 12.1 Å². The molecule has 136 valence electrons. The van der Waals surface area contributed by atoms with E-state index in [2.05, 4.69) is 9.71 Å². The summed E-state index contributed by atoms with van der Waals surface area (Å²) in [5.41, 5.74) is 1.16. The van der Waals surface area contributed by atoms with E-state index < -0.39 is 22.2 Å². The van der Waals surface area contributed by atoms with Gasteiger partial charge in [-0.05, 0) is 43.7 Å². The molecule has 0 amide bonds. The lowest BCUT2D eigenvalue weighted by Gasteiger charge is -2.32. The highest BCUT2D eigenvalue weighted by atomic mass is 32.2. The molecule has 2 atom stereocenters. The number of benzene rings is 1. The fourth-order valence-corrected chi connectivity index (χ4v) is 4.01. The minimum Gasteiger partial charge on any atom is -0.485 e. The van der Waals surface area contributed by atoms with Crippen LogP contribution in [0.15, 0.2) is 47.5 Å². The Labute approximate surface area is 152 Å². The molecule has 0 unspecified atom stereocenters. The molecule has 2 aromatic rings. The average molecular weight is 373 g/mol. The van der Waals surface area contributed by atoms with E-state index in [-0.39, 0.29) is 11.5 Å². The first-order valence-corrected chi connectivity index (χ1v) is 9.66. The topological polar surface area (TPSA) is 101 Å². The second-order valence-electron chi connectivity index (χ2n) is 6.02. The van der Waals surface area contributed by atoms with E-state index in [9.17, 15) is 8.42 Å². The molecule has 1 aliphatic rings. The molecule has 1 aromatic carbocycles. The average Bonchev–Trinajstić information content (AvgIpc) is 2.65. The number of nitriles is 1. The minimum absolute atomic E-state index is 0.0544. The van der Waals surface area contributed by atoms with Crippen LogP contribution in [0.25, 0.3) is 0 Å². The maximum atomic E-state index is 12.7. The van der Waals surface area contributed by atoms with Crippen molar-refractivity contribution >= 4 is 10.0 Å². The molecule has 0 spiro atoms. The third kappa shape index (κ3) is 4.38. The summed E-state index contributed by atoms with van der Waals surface area (Å²) in [6.45, 7) is 2.59. The van der Waals surface area contributed by atoms with Gasteiger partial charge in [-0.15, -0.1) is 0 Å². The van der Waals surface area contributed by atoms with Crippen LogP contribution in [0.4, 0.5) is 0 Å². The molecular weight excluding hydrogens is 354 g/mol. The lowest BCUT2D eigenvalue weighted by Crippen LogP contribution is -2.51. The molecule has 1 aliphatic heterocycles. The summed E-state index contributed by atoms with van der Waals surface area (Å²) in [6.07, 6.45) is 1.62. The molecule has 26 heavy (non-hydrogen) atoms. The number of hydrogen-bond acceptors (Lipinski definition) is 6. The summed E-state index contributed by atoms with van der Waals surface area (Å²) in [6, 6.07) is 11.0. The van der Waals surface area contributed by atoms with Gasteiger partial charge in [0, 0.05) is 12.3 Å². The van der Waals surface area contributed by atoms with Crippen molar-refractivity contribution in [2.45, 2.75) is 30.4 Å². The number of ether oxygens (including phenoxy) is 2. The molecule has 1 fully saturated rings. The van der Waals surface area contributed by atoms with Gasteiger partial charge in [-0.3, -0.25) is 4.98 Å². The van der Waals surface area contributed by atoms with Crippen LogP contribution < -0.4 is 9.46 Å². The molecule has 1 saturated heterocycles. The van der Waals surface area contributed by atoms with Crippen LogP contribution in [0.1, 0.15) is 17.7 Å². The zero-order valence-corrected chi connectivity index (χ0v) is 15.1. The molecule has 1 aromatic heterocycles. The molecule has 7 nitrogen and oxygen atoms in total. The molecule has 0 aliphatic carbocycles. The first-order chi connectivity index (χ1) is 12.5. The lowest BCUT2D eigenvalue weighted by molar-refractivity contribution is -0.00941. The Bertz CT molecular complexity index is 907. The lowest BCUT2D eigenvalue weighted by atomic mass is 10.1. The Morgan fingerprint density at radius 2 is 2.19 bits per heavy atom. The monoisotopic (exact) mass is 373 g/mol. The third-order valence-corrected chi connectivity index (χ3v) is 5.54. The quantitative estimate of drug-likeness (QED) is 0.857. The molecular formula is C18H19N3O4S. The number of aromatic nitrogens is 1. The summed E-state index contributed by atoms with van der Waals surface area (Å²) in [4.78, 5) is 4.23. The zero-order chi connectivity index (χ0) is 18.6. The second-order valence-corrected chi connectivity index (χ2v) is 7.74. The first kappa shape index (κ1) is 18.3. The second kappa shape index (κ2) is 7.83. The smallest absolute Gasteiger partial charge is 0.240 e. The zero-order valence-electron chi connectivity index (χ0n) is 14.3. The number of hydrogen-bond donors (Lipinski definition) is 1. The number of aryl methyl sites for hydroxylation is 1. The van der Waals surface area contributed by atoms with Crippen molar-refractivity contribution in [3.8, 4) is 11.8 Å². The molecule has 1 N–H and O–H groups in total. The summed E-state index contributed by atoms with van der Waals surface area (Å²) in [7, 11) is -3.78. The predicted octanol–water partition coefficient (Wildman–Crippen LogP) is 1.78. The van der Waals surface area contributed by atoms with Gasteiger partial charge in [-0.1, -0.05) is 6.07 Å². The van der Waals surface area contributed by atoms with Crippen molar-refractivity contribution in [1.29, 1.82) is 5.26 Å². The maximum Gasteiger partial charge on any atom is 0.240 e. The minimum atomic E-state index is -3.78. The third-order valence-electron chi connectivity index (χ3n) is 4.06. The maximum absolute atomic E-state index is 12.7. The fraction of sp³-hybridized carbons (Fsp3) is 0.333. The van der Waals surface area contributed by atoms with E-state index in [0.717, 1.165) is 5.69 Å². The van der Waals surface area contributed by atoms with Gasteiger partial charge in [0.1, 0.15) is 11.9 Å². The Morgan fingerprint density at radius 1 is 1.35 bits per heavy atom. The molecule has 0 radical (unpaired) electrons. The highest BCUT2D eigenvalue weighted by molar-refractivity contribution is 7.89. The molecule has 8 heteroatoms. The Morgan fingerprint density at radius 3 is 2.92 bits per heavy atom. The normalized spacial score (nSPS) is 20.3. The Hall–Kier alpha value is -2.47. The van der Waals surface area contributed by atoms with Crippen LogP contribution in [0.2, 0.25) is 0 Å². The van der Waals surface area contributed by atoms with Crippen molar-refractivity contribution in [3.63, 3.8) is 0 Å². The molecule has 3 rings (SSSR count). The van der Waals surface area contributed by atoms with Gasteiger partial charge in [-0.25, -0.2) is 13.1 Å². The summed E-state index contributed by atoms with van der Waals surface area (Å²) in [5.74, 6) is 0.557. The number of nitrogens with zero attached hydrogens (tertiary/aromatic N) is 2. The van der Waals surface area contributed by atoms with Gasteiger partial charge >= 0.3 is 0 Å². The van der Waals surface area contributed by atoms with E-state index in [0.29, 0.717) is 24.3 Å². The van der Waals surface area contributed by atoms with Crippen molar-refractivity contribution in [2.75, 3.05) is 13.2 Å². The van der Waals surface area contributed by atoms with E-state index in [1.54, 1.807) is 24.4 Å². The van der Waals surface area contributed by atoms with Gasteiger partial charge in [0.15, 0.2) is 0 Å². The van der Waals surface area contributed by atoms with Crippen LogP contribution in [0, 0.1) is 18.3 Å². The number of pyridine rings is 1. The van der Waals surface area contributed by atoms with Crippen LogP contribution in [0.3, 0.4) is 0 Å². The summed E-state index contributed by atoms with van der Waals surface area (Å²) < 4.78 is 39.4. The Balaban J connectivity index is 1.77. The number of nitrogens with one attached hydrogen (secondary N) is 1. The van der Waals surface area contributed by atoms with Gasteiger partial charge < -0.3 is 9.47 Å². The van der Waals surface area contributed by atoms with Crippen molar-refractivity contribution in [2.24, 2.45) is 0 Å². The predicted molar refractivity (Wildman–Crippen MR) is 94.1 cm³/mol. The van der Waals surface area contributed by atoms with Crippen molar-refractivity contribution < 1.29 is 17.9 Å². The standard InChI is InChI=1S/C18H19N3O4S/c1-13-5-6-15(11-20-13)25-18-12-24-8-7-17(18)21-26(22,23)16-4-2-3-14(9-16)10-19/h2-6,9,11,17-18,21H,7-8,12H2,1H3/t17-,18+/m0/s1. The van der Waals surface area contributed by atoms with E-state index in [4.69, 9.17) is 14.7 Å². The molecule has 2 heterocycles. The summed E-state index contributed by atoms with van der Waals surface area (Å²) in [5, 5.41) is 8.97. The van der Waals surface area contributed by atoms with Gasteiger partial charge in [0.2, 0.25) is 10.0 Å². The van der Waals surface area contributed by atoms with Gasteiger partial charge in [-0.2, -0.15) is 5.26 Å². The first-order valence-electron chi connectivity index (χ1n) is 8.17. The number of rotatable bonds is 5. The largest absolute Gasteiger partial charge is 0.485 e. The Kier molecular flexibility index (Phi) is 5.52. The van der Waals surface area contributed by atoms with Crippen LogP contribution in [0.5, 0.6) is 5.75 Å². The van der Waals surface area contributed by atoms with Crippen molar-refractivity contribution in [1.82, 2.24) is 9.71 Å². The number of sulfonamides is 1. The van der Waals surface area contributed by atoms with Gasteiger partial charge in [0.25, 0.3) is 0 Å². The SMILES string of the molecule is Cc1ccc(O[C@@H]2COCC[C@@H]2NS(=O)(=O)c2cccc(C#N)c2)cn1. The summed E-state index contributed by atoms with van der Waals surface area (Å²) >= 11 is 0. The van der Waals surface area contributed by atoms with Crippen molar-refractivity contribution in [3.05, 3.63) is 53.9 Å². The van der Waals surface area contributed by atoms with Gasteiger partial charge in [0.05, 0.1) is 35.4 Å². The van der Waals surface area contributed by atoms with E-state index in [1.807, 2.05) is 19.1 Å². The molecule has 0 bridgehead atoms.